The number of allylic oxidation sites excluding steroid dienone is 1. The van der Waals surface area contributed by atoms with Crippen molar-refractivity contribution in [2.45, 2.75) is 125 Å². The van der Waals surface area contributed by atoms with Crippen LogP contribution in [0.2, 0.25) is 10.0 Å². The molecule has 0 atom stereocenters. The van der Waals surface area contributed by atoms with Crippen LogP contribution in [-0.2, 0) is 27.5 Å². The first-order valence-electron chi connectivity index (χ1n) is 26.8. The fraction of sp³-hybridized carbons (Fsp3) is 0.373. The van der Waals surface area contributed by atoms with Gasteiger partial charge in [0.2, 0.25) is 0 Å². The second kappa shape index (κ2) is 28.2. The third-order valence-corrected chi connectivity index (χ3v) is 14.9. The number of anilines is 3. The molecule has 0 bridgehead atoms. The van der Waals surface area contributed by atoms with E-state index < -0.39 is 88.8 Å². The van der Waals surface area contributed by atoms with E-state index in [1.807, 2.05) is 27.7 Å². The summed E-state index contributed by atoms with van der Waals surface area (Å²) in [6.45, 7) is 19.6. The minimum absolute atomic E-state index is 0.112. The Morgan fingerprint density at radius 2 is 0.944 bits per heavy atom. The van der Waals surface area contributed by atoms with Crippen molar-refractivity contribution in [1.82, 2.24) is 24.7 Å². The molecule has 18 nitrogen and oxygen atoms in total. The lowest BCUT2D eigenvalue weighted by Gasteiger charge is -2.29. The summed E-state index contributed by atoms with van der Waals surface area (Å²) in [5.74, 6) is -2.99. The fourth-order valence-electron chi connectivity index (χ4n) is 8.94. The molecule has 9 amide bonds. The number of amides is 9. The highest BCUT2D eigenvalue weighted by molar-refractivity contribution is 9.10. The highest BCUT2D eigenvalue weighted by atomic mass is 79.9. The van der Waals surface area contributed by atoms with Gasteiger partial charge in [-0.1, -0.05) is 50.9 Å². The molecule has 3 fully saturated rings. The number of aliphatic imine (C=N–C) groups is 1. The molecule has 0 N–H and O–H groups in total. The van der Waals surface area contributed by atoms with Crippen LogP contribution in [0.15, 0.2) is 119 Å². The Morgan fingerprint density at radius 1 is 0.573 bits per heavy atom. The Labute approximate surface area is 524 Å². The number of hydrogen-bond acceptors (Lipinski definition) is 12. The van der Waals surface area contributed by atoms with E-state index in [0.717, 1.165) is 67.8 Å². The van der Waals surface area contributed by atoms with E-state index >= 15 is 0 Å². The number of aromatic nitrogens is 2. The Bertz CT molecular complexity index is 3480. The average molecular weight is 1360 g/mol. The quantitative estimate of drug-likeness (QED) is 0.0585. The smallest absolute Gasteiger partial charge is 0.406 e. The number of pyridine rings is 2. The fourth-order valence-corrected chi connectivity index (χ4v) is 10.1. The summed E-state index contributed by atoms with van der Waals surface area (Å²) < 4.78 is 124. The molecule has 8 rings (SSSR count). The summed E-state index contributed by atoms with van der Waals surface area (Å²) in [7, 11) is 1.63. The van der Waals surface area contributed by atoms with Crippen LogP contribution in [0.3, 0.4) is 0 Å². The summed E-state index contributed by atoms with van der Waals surface area (Å²) >= 11 is 15.3. The minimum atomic E-state index is -4.95. The van der Waals surface area contributed by atoms with Crippen LogP contribution in [0.4, 0.5) is 71.0 Å². The lowest BCUT2D eigenvalue weighted by Crippen LogP contribution is -2.45. The first kappa shape index (κ1) is 71.8. The summed E-state index contributed by atoms with van der Waals surface area (Å²) in [6.07, 6.45) is -4.91. The van der Waals surface area contributed by atoms with Crippen molar-refractivity contribution in [3.63, 3.8) is 0 Å². The standard InChI is InChI=1S/C20H23BrF3N3O3.C19H18F3N3O3.C18H14Cl2F3N3O3.C2H6/c1-12(2)13(8-9-25-5)11-26-18(29)27(17(28)19(26,3)4)16-7-6-14(10-15(16)21)30-20(22,23)24;1-12-10-14(28-19(20,21)22)4-5-15(12)25-16(26)18(2,3)24(17(25)27)11-13-6-8-23-9-7-13;1-17(2)15(27)26(16(28)25(17)9-10-3-5-24-6-4-10)14-12(19)7-11(8-13(14)20)29-18(21,22)23;1-2/h6-10,12H,11H2,1-5H3;4-10H,11H2,1-3H3;3-8H,9H2,1-2H3;1-2H3/b13-8-,25-9?;;;. The summed E-state index contributed by atoms with van der Waals surface area (Å²) in [4.78, 5) is 96.9. The molecule has 2 aromatic heterocycles. The summed E-state index contributed by atoms with van der Waals surface area (Å²) in [5.41, 5.74) is -0.594. The zero-order valence-electron chi connectivity index (χ0n) is 49.8. The molecule has 3 aliphatic rings. The number of carbonyl (C=O) groups is 6. The molecule has 5 heterocycles. The monoisotopic (exact) mass is 1360 g/mol. The van der Waals surface area contributed by atoms with Gasteiger partial charge in [-0.2, -0.15) is 0 Å². The number of ether oxygens (including phenoxy) is 3. The number of rotatable bonds is 14. The maximum absolute atomic E-state index is 13.2. The molecule has 0 aliphatic carbocycles. The van der Waals surface area contributed by atoms with E-state index in [4.69, 9.17) is 23.2 Å². The molecule has 89 heavy (non-hydrogen) atoms. The topological polar surface area (TPSA) is 188 Å². The number of alkyl halides is 9. The number of halogens is 12. The SMILES string of the molecule is CC.CC1(C)C(=O)N(c2c(Cl)cc(OC(F)(F)F)cc2Cl)C(=O)N1Cc1ccncc1.CN=C/C=C(/CN1C(=O)N(c2ccc(OC(F)(F)F)cc2Br)C(=O)C1(C)C)C(C)C.Cc1cc(OC(F)(F)F)ccc1N1C(=O)N(Cc2ccncc2)C(C)(C)C1=O. The van der Waals surface area contributed by atoms with Gasteiger partial charge >= 0.3 is 37.2 Å². The Kier molecular flexibility index (Phi) is 22.8. The molecule has 0 saturated carbocycles. The van der Waals surface area contributed by atoms with Gasteiger partial charge in [0.15, 0.2) is 0 Å². The number of nitrogens with zero attached hydrogens (tertiary/aromatic N) is 9. The minimum Gasteiger partial charge on any atom is -0.406 e. The van der Waals surface area contributed by atoms with Gasteiger partial charge in [0.05, 0.1) is 27.1 Å². The maximum atomic E-state index is 13.2. The van der Waals surface area contributed by atoms with E-state index in [0.29, 0.717) is 5.56 Å². The molecule has 0 spiro atoms. The van der Waals surface area contributed by atoms with Crippen LogP contribution in [0.25, 0.3) is 0 Å². The molecule has 3 saturated heterocycles. The van der Waals surface area contributed by atoms with Crippen LogP contribution in [-0.4, -0.2) is 116 Å². The Balaban J connectivity index is 0.000000240. The molecular formula is C59H61BrCl2F9N9O9. The normalized spacial score (nSPS) is 16.6. The zero-order chi connectivity index (χ0) is 67.1. The van der Waals surface area contributed by atoms with Crippen LogP contribution in [0, 0.1) is 12.8 Å². The van der Waals surface area contributed by atoms with E-state index in [1.54, 1.807) is 110 Å². The third-order valence-electron chi connectivity index (χ3n) is 13.7. The second-order valence-corrected chi connectivity index (χ2v) is 22.8. The van der Waals surface area contributed by atoms with E-state index in [1.165, 1.54) is 33.8 Å². The van der Waals surface area contributed by atoms with Crippen molar-refractivity contribution < 1.29 is 82.5 Å². The number of carbonyl (C=O) groups excluding carboxylic acids is 6. The van der Waals surface area contributed by atoms with Crippen molar-refractivity contribution in [1.29, 1.82) is 0 Å². The average Bonchev–Trinajstić information content (AvgIpc) is 1.65. The van der Waals surface area contributed by atoms with Crippen molar-refractivity contribution in [3.05, 3.63) is 140 Å². The highest BCUT2D eigenvalue weighted by Crippen LogP contribution is 2.45. The van der Waals surface area contributed by atoms with Crippen molar-refractivity contribution in [2.75, 3.05) is 28.3 Å². The van der Waals surface area contributed by atoms with Gasteiger partial charge in [0, 0.05) is 74.3 Å². The predicted molar refractivity (Wildman–Crippen MR) is 318 cm³/mol. The molecule has 480 valence electrons. The van der Waals surface area contributed by atoms with Crippen LogP contribution >= 0.6 is 39.1 Å². The predicted octanol–water partition coefficient (Wildman–Crippen LogP) is 15.3. The lowest BCUT2D eigenvalue weighted by molar-refractivity contribution is -0.275. The molecule has 0 unspecified atom stereocenters. The second-order valence-electron chi connectivity index (χ2n) is 21.2. The number of urea groups is 3. The summed E-state index contributed by atoms with van der Waals surface area (Å²) in [6, 6.07) is 13.6. The van der Waals surface area contributed by atoms with Gasteiger partial charge < -0.3 is 28.9 Å². The number of aryl methyl sites for hydroxylation is 1. The molecule has 5 aromatic rings. The van der Waals surface area contributed by atoms with E-state index in [9.17, 15) is 68.3 Å². The van der Waals surface area contributed by atoms with Crippen molar-refractivity contribution in [3.8, 4) is 17.2 Å². The highest BCUT2D eigenvalue weighted by Gasteiger charge is 2.55. The van der Waals surface area contributed by atoms with Gasteiger partial charge in [-0.15, -0.1) is 39.5 Å². The molecule has 3 aromatic carbocycles. The lowest BCUT2D eigenvalue weighted by atomic mass is 9.98. The maximum Gasteiger partial charge on any atom is 0.573 e. The molecule has 30 heteroatoms. The molecule has 0 radical (unpaired) electrons. The molecular weight excluding hydrogens is 1300 g/mol. The Morgan fingerprint density at radius 3 is 1.35 bits per heavy atom. The Hall–Kier alpha value is -7.98. The van der Waals surface area contributed by atoms with Crippen LogP contribution in [0.5, 0.6) is 17.2 Å². The first-order chi connectivity index (χ1) is 41.2. The largest absolute Gasteiger partial charge is 0.573 e. The van der Waals surface area contributed by atoms with Gasteiger partial charge in [-0.25, -0.2) is 29.1 Å². The van der Waals surface area contributed by atoms with E-state index in [-0.39, 0.29) is 57.1 Å². The van der Waals surface area contributed by atoms with Crippen molar-refractivity contribution >= 4 is 98.2 Å². The number of hydrogen-bond donors (Lipinski definition) is 0. The van der Waals surface area contributed by atoms with Crippen LogP contribution < -0.4 is 28.9 Å². The first-order valence-corrected chi connectivity index (χ1v) is 28.3. The number of imide groups is 3. The number of benzene rings is 3. The van der Waals surface area contributed by atoms with Gasteiger partial charge in [-0.3, -0.25) is 29.3 Å². The zero-order valence-corrected chi connectivity index (χ0v) is 52.9. The third kappa shape index (κ3) is 17.1. The van der Waals surface area contributed by atoms with Gasteiger partial charge in [0.1, 0.15) is 33.9 Å². The van der Waals surface area contributed by atoms with Gasteiger partial charge in [0.25, 0.3) is 17.7 Å². The van der Waals surface area contributed by atoms with Crippen LogP contribution in [0.1, 0.15) is 85.9 Å². The van der Waals surface area contributed by atoms with Crippen molar-refractivity contribution in [2.24, 2.45) is 10.9 Å². The summed E-state index contributed by atoms with van der Waals surface area (Å²) in [5, 5.41) is -0.667. The molecule has 3 aliphatic heterocycles. The van der Waals surface area contributed by atoms with E-state index in [2.05, 4.69) is 45.1 Å². The van der Waals surface area contributed by atoms with Gasteiger partial charge in [-0.05, 0) is 159 Å².